The van der Waals surface area contributed by atoms with Crippen molar-refractivity contribution in [1.82, 2.24) is 0 Å². The van der Waals surface area contributed by atoms with E-state index in [1.165, 1.54) is 5.69 Å². The van der Waals surface area contributed by atoms with Crippen LogP contribution in [0.2, 0.25) is 0 Å². The molecule has 1 aliphatic rings. The van der Waals surface area contributed by atoms with Crippen LogP contribution in [0.3, 0.4) is 0 Å². The number of hydrogen-bond donors (Lipinski definition) is 1. The maximum absolute atomic E-state index is 9.85. The molecular formula is C14H15NO2. The first-order chi connectivity index (χ1) is 8.36. The van der Waals surface area contributed by atoms with Gasteiger partial charge in [-0.1, -0.05) is 24.3 Å². The fourth-order valence-corrected chi connectivity index (χ4v) is 2.35. The Labute approximate surface area is 100 Å². The summed E-state index contributed by atoms with van der Waals surface area (Å²) in [7, 11) is 0. The summed E-state index contributed by atoms with van der Waals surface area (Å²) < 4.78 is 5.37. The summed E-state index contributed by atoms with van der Waals surface area (Å²) in [6, 6.07) is 11.7. The first-order valence-electron chi connectivity index (χ1n) is 5.90. The molecule has 1 heterocycles. The minimum Gasteiger partial charge on any atom is -0.507 e. The number of rotatable bonds is 1. The zero-order chi connectivity index (χ0) is 11.7. The molecule has 88 valence electrons. The summed E-state index contributed by atoms with van der Waals surface area (Å²) in [4.78, 5) is 2.31. The van der Waals surface area contributed by atoms with E-state index >= 15 is 0 Å². The molecule has 0 spiro atoms. The Morgan fingerprint density at radius 3 is 2.41 bits per heavy atom. The van der Waals surface area contributed by atoms with E-state index in [0.717, 1.165) is 37.1 Å². The van der Waals surface area contributed by atoms with E-state index in [-0.39, 0.29) is 0 Å². The highest BCUT2D eigenvalue weighted by atomic mass is 16.5. The highest BCUT2D eigenvalue weighted by Crippen LogP contribution is 2.33. The van der Waals surface area contributed by atoms with Crippen molar-refractivity contribution in [3.05, 3.63) is 36.4 Å². The molecule has 1 saturated heterocycles. The second-order valence-corrected chi connectivity index (χ2v) is 4.25. The molecule has 3 rings (SSSR count). The van der Waals surface area contributed by atoms with E-state index in [1.54, 1.807) is 6.07 Å². The van der Waals surface area contributed by atoms with Crippen LogP contribution in [0.15, 0.2) is 36.4 Å². The second kappa shape index (κ2) is 4.26. The van der Waals surface area contributed by atoms with Crippen LogP contribution in [0.4, 0.5) is 5.69 Å². The van der Waals surface area contributed by atoms with Crippen molar-refractivity contribution < 1.29 is 9.84 Å². The van der Waals surface area contributed by atoms with Crippen molar-refractivity contribution >= 4 is 16.5 Å². The average Bonchev–Trinajstić information content (AvgIpc) is 2.41. The predicted octanol–water partition coefficient (Wildman–Crippen LogP) is 2.38. The molecule has 0 radical (unpaired) electrons. The molecule has 2 aromatic carbocycles. The lowest BCUT2D eigenvalue weighted by Gasteiger charge is -2.30. The number of anilines is 1. The van der Waals surface area contributed by atoms with Crippen molar-refractivity contribution in [1.29, 1.82) is 0 Å². The zero-order valence-electron chi connectivity index (χ0n) is 9.60. The lowest BCUT2D eigenvalue weighted by atomic mass is 10.1. The third-order valence-electron chi connectivity index (χ3n) is 3.23. The summed E-state index contributed by atoms with van der Waals surface area (Å²) >= 11 is 0. The minimum absolute atomic E-state index is 0.345. The maximum atomic E-state index is 9.85. The minimum atomic E-state index is 0.345. The smallest absolute Gasteiger partial charge is 0.123 e. The predicted molar refractivity (Wildman–Crippen MR) is 68.6 cm³/mol. The summed E-state index contributed by atoms with van der Waals surface area (Å²) in [5.74, 6) is 0.345. The topological polar surface area (TPSA) is 32.7 Å². The van der Waals surface area contributed by atoms with Gasteiger partial charge in [0.15, 0.2) is 0 Å². The Hall–Kier alpha value is -1.74. The van der Waals surface area contributed by atoms with Crippen LogP contribution in [0, 0.1) is 0 Å². The Bertz CT molecular complexity index is 533. The van der Waals surface area contributed by atoms with Crippen LogP contribution in [-0.2, 0) is 4.74 Å². The fraction of sp³-hybridized carbons (Fsp3) is 0.286. The number of phenolic OH excluding ortho intramolecular Hbond substituents is 1. The van der Waals surface area contributed by atoms with Gasteiger partial charge in [0.1, 0.15) is 5.75 Å². The highest BCUT2D eigenvalue weighted by molar-refractivity contribution is 5.98. The fourth-order valence-electron chi connectivity index (χ4n) is 2.35. The molecule has 3 heteroatoms. The summed E-state index contributed by atoms with van der Waals surface area (Å²) in [5, 5.41) is 11.9. The number of phenols is 1. The van der Waals surface area contributed by atoms with Crippen LogP contribution in [0.1, 0.15) is 0 Å². The third-order valence-corrected chi connectivity index (χ3v) is 3.23. The van der Waals surface area contributed by atoms with Gasteiger partial charge in [0.25, 0.3) is 0 Å². The molecule has 0 aliphatic carbocycles. The van der Waals surface area contributed by atoms with Gasteiger partial charge in [0, 0.05) is 29.5 Å². The number of fused-ring (bicyclic) bond motifs is 1. The molecule has 0 aromatic heterocycles. The molecule has 1 aliphatic heterocycles. The quantitative estimate of drug-likeness (QED) is 0.815. The Balaban J connectivity index is 2.12. The van der Waals surface area contributed by atoms with Gasteiger partial charge < -0.3 is 14.7 Å². The van der Waals surface area contributed by atoms with Gasteiger partial charge in [-0.25, -0.2) is 0 Å². The van der Waals surface area contributed by atoms with Gasteiger partial charge in [-0.05, 0) is 12.1 Å². The summed E-state index contributed by atoms with van der Waals surface area (Å²) in [5.41, 5.74) is 1.18. The standard InChI is InChI=1S/C14H15NO2/c16-14-6-5-13(15-7-9-17-10-8-15)11-3-1-2-4-12(11)14/h1-6,16H,7-10H2. The largest absolute Gasteiger partial charge is 0.507 e. The van der Waals surface area contributed by atoms with E-state index in [4.69, 9.17) is 4.74 Å². The van der Waals surface area contributed by atoms with E-state index in [9.17, 15) is 5.11 Å². The normalized spacial score (nSPS) is 16.4. The van der Waals surface area contributed by atoms with Crippen LogP contribution in [-0.4, -0.2) is 31.4 Å². The molecular weight excluding hydrogens is 214 g/mol. The van der Waals surface area contributed by atoms with Crippen molar-refractivity contribution in [2.24, 2.45) is 0 Å². The lowest BCUT2D eigenvalue weighted by molar-refractivity contribution is 0.123. The Kier molecular flexibility index (Phi) is 2.61. The van der Waals surface area contributed by atoms with Gasteiger partial charge >= 0.3 is 0 Å². The molecule has 0 atom stereocenters. The van der Waals surface area contributed by atoms with Crippen LogP contribution < -0.4 is 4.90 Å². The first kappa shape index (κ1) is 10.4. The second-order valence-electron chi connectivity index (χ2n) is 4.25. The molecule has 0 amide bonds. The summed E-state index contributed by atoms with van der Waals surface area (Å²) in [6.45, 7) is 3.37. The van der Waals surface area contributed by atoms with Gasteiger partial charge in [-0.15, -0.1) is 0 Å². The number of hydrogen-bond acceptors (Lipinski definition) is 3. The number of benzene rings is 2. The van der Waals surface area contributed by atoms with Crippen molar-refractivity contribution in [3.63, 3.8) is 0 Å². The van der Waals surface area contributed by atoms with Gasteiger partial charge in [0.05, 0.1) is 13.2 Å². The molecule has 3 nitrogen and oxygen atoms in total. The SMILES string of the molecule is Oc1ccc(N2CCOCC2)c2ccccc12. The van der Waals surface area contributed by atoms with E-state index in [2.05, 4.69) is 11.0 Å². The van der Waals surface area contributed by atoms with Gasteiger partial charge in [-0.2, -0.15) is 0 Å². The van der Waals surface area contributed by atoms with E-state index in [1.807, 2.05) is 24.3 Å². The number of morpholine rings is 1. The van der Waals surface area contributed by atoms with Crippen LogP contribution in [0.5, 0.6) is 5.75 Å². The molecule has 17 heavy (non-hydrogen) atoms. The highest BCUT2D eigenvalue weighted by Gasteiger charge is 2.14. The van der Waals surface area contributed by atoms with Crippen molar-refractivity contribution in [3.8, 4) is 5.75 Å². The molecule has 1 N–H and O–H groups in total. The molecule has 1 fully saturated rings. The molecule has 0 bridgehead atoms. The number of ether oxygens (including phenoxy) is 1. The third kappa shape index (κ3) is 1.83. The first-order valence-corrected chi connectivity index (χ1v) is 5.90. The number of nitrogens with zero attached hydrogens (tertiary/aromatic N) is 1. The van der Waals surface area contributed by atoms with Crippen LogP contribution >= 0.6 is 0 Å². The zero-order valence-corrected chi connectivity index (χ0v) is 9.60. The molecule has 0 unspecified atom stereocenters. The van der Waals surface area contributed by atoms with Crippen molar-refractivity contribution in [2.45, 2.75) is 0 Å². The number of aromatic hydroxyl groups is 1. The van der Waals surface area contributed by atoms with Crippen LogP contribution in [0.25, 0.3) is 10.8 Å². The Morgan fingerprint density at radius 1 is 0.941 bits per heavy atom. The van der Waals surface area contributed by atoms with Gasteiger partial charge in [-0.3, -0.25) is 0 Å². The van der Waals surface area contributed by atoms with E-state index in [0.29, 0.717) is 5.75 Å². The summed E-state index contributed by atoms with van der Waals surface area (Å²) in [6.07, 6.45) is 0. The Morgan fingerprint density at radius 2 is 1.65 bits per heavy atom. The van der Waals surface area contributed by atoms with Crippen molar-refractivity contribution in [2.75, 3.05) is 31.2 Å². The monoisotopic (exact) mass is 229 g/mol. The molecule has 0 saturated carbocycles. The lowest BCUT2D eigenvalue weighted by Crippen LogP contribution is -2.36. The molecule has 2 aromatic rings. The van der Waals surface area contributed by atoms with E-state index < -0.39 is 0 Å². The average molecular weight is 229 g/mol. The maximum Gasteiger partial charge on any atom is 0.123 e. The van der Waals surface area contributed by atoms with Gasteiger partial charge in [0.2, 0.25) is 0 Å².